The van der Waals surface area contributed by atoms with E-state index in [1.807, 2.05) is 7.11 Å². The molecule has 84 valence electrons. The number of ether oxygens (including phenoxy) is 1. The topological polar surface area (TPSA) is 24.5 Å². The molecule has 1 fully saturated rings. The summed E-state index contributed by atoms with van der Waals surface area (Å²) in [6.07, 6.45) is 1.65. The molecule has 1 rings (SSSR count). The zero-order valence-corrected chi connectivity index (χ0v) is 9.97. The maximum absolute atomic E-state index is 5.33. The summed E-state index contributed by atoms with van der Waals surface area (Å²) in [5.41, 5.74) is 0.236. The van der Waals surface area contributed by atoms with Gasteiger partial charge in [-0.05, 0) is 27.2 Å². The minimum Gasteiger partial charge on any atom is -0.380 e. The average molecular weight is 200 g/mol. The number of hydrogen-bond acceptors (Lipinski definition) is 3. The van der Waals surface area contributed by atoms with Crippen LogP contribution >= 0.6 is 0 Å². The highest BCUT2D eigenvalue weighted by Gasteiger charge is 2.21. The zero-order chi connectivity index (χ0) is 10.6. The molecule has 3 heteroatoms. The number of nitrogens with zero attached hydrogens (tertiary/aromatic N) is 1. The monoisotopic (exact) mass is 200 g/mol. The van der Waals surface area contributed by atoms with Crippen LogP contribution in [-0.2, 0) is 4.74 Å². The van der Waals surface area contributed by atoms with Gasteiger partial charge < -0.3 is 10.1 Å². The molecule has 0 aromatic rings. The molecule has 1 saturated heterocycles. The number of nitrogens with one attached hydrogen (secondary N) is 1. The zero-order valence-electron chi connectivity index (χ0n) is 9.97. The van der Waals surface area contributed by atoms with Gasteiger partial charge in [0, 0.05) is 38.8 Å². The summed E-state index contributed by atoms with van der Waals surface area (Å²) in [5, 5.41) is 3.50. The highest BCUT2D eigenvalue weighted by Crippen LogP contribution is 2.10. The molecule has 0 aromatic carbocycles. The Morgan fingerprint density at radius 3 is 2.64 bits per heavy atom. The van der Waals surface area contributed by atoms with Crippen LogP contribution in [0.1, 0.15) is 27.2 Å². The molecule has 3 nitrogen and oxygen atoms in total. The van der Waals surface area contributed by atoms with Crippen molar-refractivity contribution in [3.05, 3.63) is 0 Å². The first-order chi connectivity index (χ1) is 6.51. The van der Waals surface area contributed by atoms with Gasteiger partial charge in [-0.2, -0.15) is 0 Å². The van der Waals surface area contributed by atoms with Crippen molar-refractivity contribution < 1.29 is 4.74 Å². The summed E-state index contributed by atoms with van der Waals surface area (Å²) in [6, 6.07) is 0. The van der Waals surface area contributed by atoms with Gasteiger partial charge in [0.1, 0.15) is 0 Å². The molecule has 0 aromatic heterocycles. The van der Waals surface area contributed by atoms with Gasteiger partial charge in [0.05, 0.1) is 6.10 Å². The normalized spacial score (nSPS) is 24.4. The highest BCUT2D eigenvalue weighted by atomic mass is 16.5. The van der Waals surface area contributed by atoms with E-state index in [4.69, 9.17) is 4.74 Å². The van der Waals surface area contributed by atoms with E-state index in [9.17, 15) is 0 Å². The predicted molar refractivity (Wildman–Crippen MR) is 59.6 cm³/mol. The lowest BCUT2D eigenvalue weighted by atomic mass is 10.1. The van der Waals surface area contributed by atoms with Crippen LogP contribution in [0.25, 0.3) is 0 Å². The molecular formula is C11H24N2O. The van der Waals surface area contributed by atoms with Crippen LogP contribution in [0.2, 0.25) is 0 Å². The molecule has 0 spiro atoms. The standard InChI is InChI=1S/C11H24N2O/c1-11(2,3)12-6-8-13-7-5-10(9-13)14-4/h10,12H,5-9H2,1-4H3. The van der Waals surface area contributed by atoms with Crippen LogP contribution in [0, 0.1) is 0 Å². The number of rotatable bonds is 4. The molecule has 0 aliphatic carbocycles. The second-order valence-corrected chi connectivity index (χ2v) is 5.12. The van der Waals surface area contributed by atoms with Crippen molar-refractivity contribution >= 4 is 0 Å². The lowest BCUT2D eigenvalue weighted by molar-refractivity contribution is 0.108. The van der Waals surface area contributed by atoms with E-state index < -0.39 is 0 Å². The van der Waals surface area contributed by atoms with Gasteiger partial charge in [0.15, 0.2) is 0 Å². The Kier molecular flexibility index (Phi) is 4.35. The third kappa shape index (κ3) is 4.40. The van der Waals surface area contributed by atoms with Gasteiger partial charge in [0.2, 0.25) is 0 Å². The molecule has 1 N–H and O–H groups in total. The molecule has 0 amide bonds. The lowest BCUT2D eigenvalue weighted by Gasteiger charge is -2.23. The first kappa shape index (κ1) is 12.0. The molecule has 1 aliphatic rings. The average Bonchev–Trinajstić information content (AvgIpc) is 2.50. The van der Waals surface area contributed by atoms with E-state index in [-0.39, 0.29) is 5.54 Å². The second-order valence-electron chi connectivity index (χ2n) is 5.12. The summed E-state index contributed by atoms with van der Waals surface area (Å²) >= 11 is 0. The van der Waals surface area contributed by atoms with Gasteiger partial charge in [0.25, 0.3) is 0 Å². The van der Waals surface area contributed by atoms with Crippen molar-refractivity contribution in [2.75, 3.05) is 33.3 Å². The molecule has 14 heavy (non-hydrogen) atoms. The van der Waals surface area contributed by atoms with E-state index in [1.54, 1.807) is 0 Å². The van der Waals surface area contributed by atoms with Gasteiger partial charge in [-0.25, -0.2) is 0 Å². The summed E-state index contributed by atoms with van der Waals surface area (Å²) in [5.74, 6) is 0. The molecule has 0 bridgehead atoms. The molecule has 0 radical (unpaired) electrons. The van der Waals surface area contributed by atoms with E-state index >= 15 is 0 Å². The van der Waals surface area contributed by atoms with Gasteiger partial charge in [-0.3, -0.25) is 4.90 Å². The van der Waals surface area contributed by atoms with Crippen molar-refractivity contribution in [1.29, 1.82) is 0 Å². The Morgan fingerprint density at radius 2 is 2.14 bits per heavy atom. The van der Waals surface area contributed by atoms with Crippen molar-refractivity contribution in [1.82, 2.24) is 10.2 Å². The molecule has 1 heterocycles. The van der Waals surface area contributed by atoms with Crippen LogP contribution in [0.5, 0.6) is 0 Å². The molecule has 1 unspecified atom stereocenters. The van der Waals surface area contributed by atoms with Crippen molar-refractivity contribution in [2.24, 2.45) is 0 Å². The smallest absolute Gasteiger partial charge is 0.0710 e. The minimum absolute atomic E-state index is 0.236. The number of methoxy groups -OCH3 is 1. The quantitative estimate of drug-likeness (QED) is 0.735. The largest absolute Gasteiger partial charge is 0.380 e. The third-order valence-corrected chi connectivity index (χ3v) is 2.65. The Balaban J connectivity index is 2.09. The van der Waals surface area contributed by atoms with E-state index in [0.29, 0.717) is 6.10 Å². The SMILES string of the molecule is COC1CCN(CCNC(C)(C)C)C1. The third-order valence-electron chi connectivity index (χ3n) is 2.65. The number of hydrogen-bond donors (Lipinski definition) is 1. The van der Waals surface area contributed by atoms with Crippen LogP contribution in [-0.4, -0.2) is 49.8 Å². The second kappa shape index (κ2) is 5.10. The van der Waals surface area contributed by atoms with Crippen LogP contribution in [0.4, 0.5) is 0 Å². The Bertz CT molecular complexity index is 165. The first-order valence-corrected chi connectivity index (χ1v) is 5.51. The van der Waals surface area contributed by atoms with Crippen molar-refractivity contribution in [3.8, 4) is 0 Å². The molecule has 0 saturated carbocycles. The van der Waals surface area contributed by atoms with Crippen LogP contribution < -0.4 is 5.32 Å². The molecular weight excluding hydrogens is 176 g/mol. The lowest BCUT2D eigenvalue weighted by Crippen LogP contribution is -2.41. The first-order valence-electron chi connectivity index (χ1n) is 5.51. The van der Waals surface area contributed by atoms with Gasteiger partial charge >= 0.3 is 0 Å². The van der Waals surface area contributed by atoms with E-state index in [2.05, 4.69) is 31.0 Å². The summed E-state index contributed by atoms with van der Waals surface area (Å²) in [6.45, 7) is 11.1. The maximum atomic E-state index is 5.33. The Hall–Kier alpha value is -0.120. The Labute approximate surface area is 87.8 Å². The fourth-order valence-corrected chi connectivity index (χ4v) is 1.78. The highest BCUT2D eigenvalue weighted by molar-refractivity contribution is 4.77. The molecule has 1 aliphatic heterocycles. The van der Waals surface area contributed by atoms with Crippen molar-refractivity contribution in [3.63, 3.8) is 0 Å². The Morgan fingerprint density at radius 1 is 1.43 bits per heavy atom. The van der Waals surface area contributed by atoms with Crippen LogP contribution in [0.15, 0.2) is 0 Å². The minimum atomic E-state index is 0.236. The van der Waals surface area contributed by atoms with Crippen molar-refractivity contribution in [2.45, 2.75) is 38.8 Å². The van der Waals surface area contributed by atoms with E-state index in [0.717, 1.165) is 19.6 Å². The predicted octanol–water partition coefficient (Wildman–Crippen LogP) is 1.10. The van der Waals surface area contributed by atoms with Crippen LogP contribution in [0.3, 0.4) is 0 Å². The van der Waals surface area contributed by atoms with Gasteiger partial charge in [-0.15, -0.1) is 0 Å². The van der Waals surface area contributed by atoms with Gasteiger partial charge in [-0.1, -0.05) is 0 Å². The fourth-order valence-electron chi connectivity index (χ4n) is 1.78. The summed E-state index contributed by atoms with van der Waals surface area (Å²) < 4.78 is 5.33. The maximum Gasteiger partial charge on any atom is 0.0710 e. The molecule has 1 atom stereocenters. The summed E-state index contributed by atoms with van der Waals surface area (Å²) in [7, 11) is 1.81. The number of likely N-dealkylation sites (tertiary alicyclic amines) is 1. The fraction of sp³-hybridized carbons (Fsp3) is 1.00. The summed E-state index contributed by atoms with van der Waals surface area (Å²) in [4.78, 5) is 2.47. The van der Waals surface area contributed by atoms with E-state index in [1.165, 1.54) is 13.0 Å².